The van der Waals surface area contributed by atoms with E-state index in [9.17, 15) is 24.9 Å². The lowest BCUT2D eigenvalue weighted by Crippen LogP contribution is -2.68. The minimum Gasteiger partial charge on any atom is -0.458 e. The van der Waals surface area contributed by atoms with E-state index >= 15 is 0 Å². The minimum absolute atomic E-state index is 0.0715. The van der Waals surface area contributed by atoms with E-state index in [4.69, 9.17) is 4.74 Å². The molecule has 1 amide bonds. The molecule has 1 aromatic carbocycles. The molecular weight excluding hydrogens is 534 g/mol. The molecule has 0 bridgehead atoms. The summed E-state index contributed by atoms with van der Waals surface area (Å²) in [7, 11) is 0. The number of aliphatic hydroxyl groups is 3. The fourth-order valence-corrected chi connectivity index (χ4v) is 9.82. The molecule has 2 heterocycles. The van der Waals surface area contributed by atoms with Crippen molar-refractivity contribution in [3.63, 3.8) is 0 Å². The zero-order chi connectivity index (χ0) is 29.3. The van der Waals surface area contributed by atoms with Gasteiger partial charge in [-0.2, -0.15) is 5.10 Å². The Morgan fingerprint density at radius 1 is 1.05 bits per heavy atom. The Kier molecular flexibility index (Phi) is 6.39. The normalized spacial score (nSPS) is 41.1. The first kappa shape index (κ1) is 27.7. The Morgan fingerprint density at radius 2 is 1.86 bits per heavy atom. The van der Waals surface area contributed by atoms with Gasteiger partial charge in [-0.05, 0) is 86.8 Å². The molecule has 1 aromatic heterocycles. The van der Waals surface area contributed by atoms with Gasteiger partial charge in [-0.25, -0.2) is 15.2 Å². The highest BCUT2D eigenvalue weighted by Crippen LogP contribution is 2.70. The summed E-state index contributed by atoms with van der Waals surface area (Å²) in [5.41, 5.74) is 1.22. The maximum absolute atomic E-state index is 13.1. The first-order chi connectivity index (χ1) is 20.1. The third kappa shape index (κ3) is 3.93. The van der Waals surface area contributed by atoms with E-state index in [2.05, 4.69) is 22.4 Å². The number of aromatic nitrogens is 1. The maximum atomic E-state index is 13.1. The summed E-state index contributed by atoms with van der Waals surface area (Å²) >= 11 is 0. The predicted molar refractivity (Wildman–Crippen MR) is 155 cm³/mol. The van der Waals surface area contributed by atoms with Crippen LogP contribution in [0.4, 0.5) is 0 Å². The van der Waals surface area contributed by atoms with Crippen LogP contribution in [0.2, 0.25) is 0 Å². The average Bonchev–Trinajstić information content (AvgIpc) is 3.52. The number of hydrogen-bond donors (Lipinski definition) is 4. The van der Waals surface area contributed by atoms with Crippen molar-refractivity contribution in [3.8, 4) is 0 Å². The number of rotatable bonds is 4. The molecule has 4 fully saturated rings. The number of ether oxygens (including phenoxy) is 1. The van der Waals surface area contributed by atoms with Crippen molar-refractivity contribution in [3.05, 3.63) is 53.7 Å². The van der Waals surface area contributed by atoms with Crippen molar-refractivity contribution in [1.29, 1.82) is 0 Å². The number of hydrazone groups is 1. The number of carbonyl (C=O) groups excluding carboxylic acids is 2. The second-order valence-electron chi connectivity index (χ2n) is 13.6. The molecule has 222 valence electrons. The van der Waals surface area contributed by atoms with E-state index in [1.165, 1.54) is 0 Å². The summed E-state index contributed by atoms with van der Waals surface area (Å²) in [6.45, 7) is 2.46. The van der Waals surface area contributed by atoms with Gasteiger partial charge in [-0.15, -0.1) is 0 Å². The minimum atomic E-state index is -1.20. The first-order valence-corrected chi connectivity index (χ1v) is 15.3. The van der Waals surface area contributed by atoms with Crippen molar-refractivity contribution >= 4 is 29.0 Å². The number of fused-ring (bicyclic) bond motifs is 6. The highest BCUT2D eigenvalue weighted by atomic mass is 16.5. The third-order valence-electron chi connectivity index (χ3n) is 11.9. The highest BCUT2D eigenvalue weighted by Gasteiger charge is 2.71. The van der Waals surface area contributed by atoms with Crippen LogP contribution in [-0.4, -0.2) is 62.3 Å². The molecule has 4 N–H and O–H groups in total. The molecule has 2 aromatic rings. The van der Waals surface area contributed by atoms with E-state index in [0.717, 1.165) is 35.7 Å². The van der Waals surface area contributed by atoms with Crippen molar-refractivity contribution in [2.75, 3.05) is 6.61 Å². The number of benzene rings is 1. The van der Waals surface area contributed by atoms with Gasteiger partial charge in [0, 0.05) is 34.9 Å². The quantitative estimate of drug-likeness (QED) is 0.249. The first-order valence-electron chi connectivity index (χ1n) is 15.3. The molecule has 0 radical (unpaired) electrons. The van der Waals surface area contributed by atoms with Gasteiger partial charge in [0.25, 0.3) is 5.91 Å². The fraction of sp³-hybridized carbons (Fsp3) is 0.576. The summed E-state index contributed by atoms with van der Waals surface area (Å²) in [6, 6.07) is 11.1. The van der Waals surface area contributed by atoms with Gasteiger partial charge in [0.05, 0.1) is 22.8 Å². The molecule has 0 saturated heterocycles. The van der Waals surface area contributed by atoms with Crippen LogP contribution in [0.15, 0.2) is 53.1 Å². The number of carbonyl (C=O) groups is 2. The second kappa shape index (κ2) is 9.69. The SMILES string of the molecule is C[C@]12CC[C@H]3[C@@H](CC[C@]4(O)C[C@H](O)CC[C@]34/C=N\NC(=O)c3ccc4ccccc4n3)[C@@]1(O)CC[C@@H]2C1=CC(=O)OC1. The number of aliphatic hydroxyl groups excluding tert-OH is 1. The van der Waals surface area contributed by atoms with Crippen LogP contribution in [-0.2, 0) is 9.53 Å². The molecule has 5 aliphatic rings. The monoisotopic (exact) mass is 573 g/mol. The molecule has 7 rings (SSSR count). The zero-order valence-corrected chi connectivity index (χ0v) is 24.0. The van der Waals surface area contributed by atoms with Gasteiger partial charge < -0.3 is 20.1 Å². The molecule has 4 saturated carbocycles. The molecular formula is C33H39N3O6. The standard InChI is InChI=1S/C33H39N3O6/c1-30-12-9-24-25(33(30,41)15-11-23(30)21-16-28(38)42-18-21)10-14-32(40)17-22(37)8-13-31(24,32)19-34-36-29(39)27-7-6-20-4-2-3-5-26(20)35-27/h2-7,16,19,22-25,37,40-41H,8-15,17-18H2,1H3,(H,36,39)/b34-19-/t22-,23-,24+,25-,30-,31+,32+,33+/m1/s1. The largest absolute Gasteiger partial charge is 0.458 e. The maximum Gasteiger partial charge on any atom is 0.331 e. The number of nitrogens with zero attached hydrogens (tertiary/aromatic N) is 2. The second-order valence-corrected chi connectivity index (χ2v) is 13.6. The van der Waals surface area contributed by atoms with Crippen LogP contribution < -0.4 is 5.43 Å². The number of amides is 1. The number of esters is 1. The van der Waals surface area contributed by atoms with Gasteiger partial charge in [-0.1, -0.05) is 31.2 Å². The fourth-order valence-electron chi connectivity index (χ4n) is 9.82. The number of para-hydroxylation sites is 1. The lowest BCUT2D eigenvalue weighted by atomic mass is 9.41. The van der Waals surface area contributed by atoms with Crippen molar-refractivity contribution in [2.45, 2.75) is 82.0 Å². The van der Waals surface area contributed by atoms with Gasteiger partial charge in [0.15, 0.2) is 0 Å². The Hall–Kier alpha value is -3.14. The molecule has 1 aliphatic heterocycles. The van der Waals surface area contributed by atoms with Crippen molar-refractivity contribution in [2.24, 2.45) is 33.7 Å². The molecule has 42 heavy (non-hydrogen) atoms. The van der Waals surface area contributed by atoms with E-state index < -0.39 is 34.0 Å². The lowest BCUT2D eigenvalue weighted by Gasteiger charge is -2.65. The zero-order valence-electron chi connectivity index (χ0n) is 24.0. The van der Waals surface area contributed by atoms with Crippen molar-refractivity contribution < 1.29 is 29.6 Å². The number of hydrogen-bond acceptors (Lipinski definition) is 8. The Morgan fingerprint density at radius 3 is 2.67 bits per heavy atom. The van der Waals surface area contributed by atoms with E-state index in [1.54, 1.807) is 18.4 Å². The highest BCUT2D eigenvalue weighted by molar-refractivity contribution is 5.95. The Labute approximate surface area is 245 Å². The van der Waals surface area contributed by atoms with Gasteiger partial charge in [0.2, 0.25) is 0 Å². The predicted octanol–water partition coefficient (Wildman–Crippen LogP) is 3.66. The van der Waals surface area contributed by atoms with E-state index in [-0.39, 0.29) is 35.8 Å². The summed E-state index contributed by atoms with van der Waals surface area (Å²) in [4.78, 5) is 29.4. The molecule has 0 unspecified atom stereocenters. The van der Waals surface area contributed by atoms with Crippen LogP contribution >= 0.6 is 0 Å². The van der Waals surface area contributed by atoms with E-state index in [0.29, 0.717) is 38.7 Å². The van der Waals surface area contributed by atoms with Crippen LogP contribution in [0, 0.1) is 28.6 Å². The lowest BCUT2D eigenvalue weighted by molar-refractivity contribution is -0.237. The number of nitrogens with one attached hydrogen (secondary N) is 1. The Balaban J connectivity index is 1.19. The summed E-state index contributed by atoms with van der Waals surface area (Å²) in [5, 5.41) is 40.7. The smallest absolute Gasteiger partial charge is 0.331 e. The summed E-state index contributed by atoms with van der Waals surface area (Å²) in [6.07, 6.45) is 8.00. The molecule has 9 heteroatoms. The van der Waals surface area contributed by atoms with Crippen LogP contribution in [0.25, 0.3) is 10.9 Å². The van der Waals surface area contributed by atoms with Gasteiger partial charge in [0.1, 0.15) is 12.3 Å². The molecule has 0 spiro atoms. The summed E-state index contributed by atoms with van der Waals surface area (Å²) < 4.78 is 5.24. The third-order valence-corrected chi connectivity index (χ3v) is 11.9. The molecule has 9 nitrogen and oxygen atoms in total. The average molecular weight is 574 g/mol. The summed E-state index contributed by atoms with van der Waals surface area (Å²) in [5.74, 6) is -0.829. The Bertz CT molecular complexity index is 1510. The van der Waals surface area contributed by atoms with E-state index in [1.807, 2.05) is 30.3 Å². The van der Waals surface area contributed by atoms with Crippen LogP contribution in [0.1, 0.15) is 75.2 Å². The number of pyridine rings is 1. The molecule has 8 atom stereocenters. The molecule has 4 aliphatic carbocycles. The topological polar surface area (TPSA) is 141 Å². The van der Waals surface area contributed by atoms with Crippen LogP contribution in [0.3, 0.4) is 0 Å². The van der Waals surface area contributed by atoms with Gasteiger partial charge in [-0.3, -0.25) is 4.79 Å². The van der Waals surface area contributed by atoms with Crippen LogP contribution in [0.5, 0.6) is 0 Å². The number of cyclic esters (lactones) is 1. The van der Waals surface area contributed by atoms with Gasteiger partial charge >= 0.3 is 5.97 Å². The van der Waals surface area contributed by atoms with Crippen molar-refractivity contribution in [1.82, 2.24) is 10.4 Å².